The number of hydrogen-bond acceptors (Lipinski definition) is 4. The van der Waals surface area contributed by atoms with Crippen molar-refractivity contribution in [2.75, 3.05) is 26.7 Å². The molecular weight excluding hydrogens is 398 g/mol. The van der Waals surface area contributed by atoms with Crippen LogP contribution in [0.1, 0.15) is 74.2 Å². The van der Waals surface area contributed by atoms with Gasteiger partial charge in [0, 0.05) is 19.5 Å². The minimum atomic E-state index is -0.0908. The number of nitrogens with zero attached hydrogens (tertiary/aromatic N) is 1. The predicted octanol–water partition coefficient (Wildman–Crippen LogP) is 6.08. The van der Waals surface area contributed by atoms with E-state index >= 15 is 0 Å². The number of carbonyl (C=O) groups excluding carboxylic acids is 1. The Morgan fingerprint density at radius 3 is 2.22 bits per heavy atom. The second kappa shape index (κ2) is 13.4. The summed E-state index contributed by atoms with van der Waals surface area (Å²) in [6, 6.07) is 19.3. The molecule has 2 aromatic carbocycles. The lowest BCUT2D eigenvalue weighted by Crippen LogP contribution is -2.38. The van der Waals surface area contributed by atoms with E-state index in [1.807, 2.05) is 0 Å². The van der Waals surface area contributed by atoms with E-state index in [1.54, 1.807) is 0 Å². The van der Waals surface area contributed by atoms with Crippen LogP contribution in [-0.4, -0.2) is 43.7 Å². The van der Waals surface area contributed by atoms with Gasteiger partial charge < -0.3 is 14.4 Å². The van der Waals surface area contributed by atoms with Crippen molar-refractivity contribution in [3.8, 4) is 0 Å². The SMILES string of the molecule is COC(=O)CCCCCCCN1CCC(OC(c2ccccc2)c2ccc(C)cc2)CC1. The third-order valence-electron chi connectivity index (χ3n) is 6.43. The van der Waals surface area contributed by atoms with E-state index in [0.29, 0.717) is 12.5 Å². The van der Waals surface area contributed by atoms with E-state index in [-0.39, 0.29) is 12.1 Å². The van der Waals surface area contributed by atoms with Crippen LogP contribution in [0.5, 0.6) is 0 Å². The lowest BCUT2D eigenvalue weighted by Gasteiger charge is -2.34. The van der Waals surface area contributed by atoms with Crippen molar-refractivity contribution in [3.05, 3.63) is 71.3 Å². The van der Waals surface area contributed by atoms with E-state index in [2.05, 4.69) is 71.2 Å². The topological polar surface area (TPSA) is 38.8 Å². The molecule has 0 radical (unpaired) electrons. The molecular formula is C28H39NO3. The third kappa shape index (κ3) is 8.07. The molecule has 0 bridgehead atoms. The van der Waals surface area contributed by atoms with Gasteiger partial charge in [-0.05, 0) is 50.3 Å². The number of carbonyl (C=O) groups is 1. The van der Waals surface area contributed by atoms with Crippen LogP contribution in [0, 0.1) is 6.92 Å². The minimum absolute atomic E-state index is 0.00154. The Morgan fingerprint density at radius 2 is 1.53 bits per heavy atom. The molecule has 4 heteroatoms. The summed E-state index contributed by atoms with van der Waals surface area (Å²) < 4.78 is 11.4. The Hall–Kier alpha value is -2.17. The van der Waals surface area contributed by atoms with Gasteiger partial charge in [-0.1, -0.05) is 79.4 Å². The van der Waals surface area contributed by atoms with Gasteiger partial charge in [0.25, 0.3) is 0 Å². The van der Waals surface area contributed by atoms with Crippen molar-refractivity contribution in [1.82, 2.24) is 4.90 Å². The van der Waals surface area contributed by atoms with Crippen LogP contribution < -0.4 is 0 Å². The first-order valence-electron chi connectivity index (χ1n) is 12.2. The van der Waals surface area contributed by atoms with Crippen LogP contribution >= 0.6 is 0 Å². The summed E-state index contributed by atoms with van der Waals surface area (Å²) in [6.07, 6.45) is 8.77. The number of likely N-dealkylation sites (tertiary alicyclic amines) is 1. The Labute approximate surface area is 193 Å². The van der Waals surface area contributed by atoms with E-state index in [9.17, 15) is 4.79 Å². The maximum absolute atomic E-state index is 11.1. The van der Waals surface area contributed by atoms with Gasteiger partial charge in [-0.25, -0.2) is 0 Å². The fraction of sp³-hybridized carbons (Fsp3) is 0.536. The Kier molecular flexibility index (Phi) is 10.2. The molecule has 0 aromatic heterocycles. The van der Waals surface area contributed by atoms with Crippen LogP contribution in [0.4, 0.5) is 0 Å². The number of benzene rings is 2. The number of ether oxygens (including phenoxy) is 2. The zero-order chi connectivity index (χ0) is 22.6. The number of unbranched alkanes of at least 4 members (excludes halogenated alkanes) is 4. The molecule has 1 atom stereocenters. The van der Waals surface area contributed by atoms with Crippen molar-refractivity contribution >= 4 is 5.97 Å². The van der Waals surface area contributed by atoms with Crippen molar-refractivity contribution in [2.24, 2.45) is 0 Å². The van der Waals surface area contributed by atoms with Gasteiger partial charge in [0.2, 0.25) is 0 Å². The number of rotatable bonds is 12. The van der Waals surface area contributed by atoms with Gasteiger partial charge in [0.1, 0.15) is 6.10 Å². The molecule has 32 heavy (non-hydrogen) atoms. The van der Waals surface area contributed by atoms with Gasteiger partial charge in [0.15, 0.2) is 0 Å². The number of methoxy groups -OCH3 is 1. The van der Waals surface area contributed by atoms with Gasteiger partial charge >= 0.3 is 5.97 Å². The Balaban J connectivity index is 1.40. The number of esters is 1. The van der Waals surface area contributed by atoms with Crippen LogP contribution in [0.25, 0.3) is 0 Å². The van der Waals surface area contributed by atoms with Crippen LogP contribution in [0.3, 0.4) is 0 Å². The zero-order valence-corrected chi connectivity index (χ0v) is 19.8. The largest absolute Gasteiger partial charge is 0.469 e. The number of hydrogen-bond donors (Lipinski definition) is 0. The van der Waals surface area contributed by atoms with Gasteiger partial charge in [-0.15, -0.1) is 0 Å². The summed E-state index contributed by atoms with van der Waals surface area (Å²) in [5, 5.41) is 0. The van der Waals surface area contributed by atoms with E-state index < -0.39 is 0 Å². The standard InChI is InChI=1S/C28H39NO3/c1-23-14-16-25(17-15-23)28(24-11-7-6-8-12-24)32-26-18-21-29(22-19-26)20-10-5-3-4-9-13-27(30)31-2/h6-8,11-12,14-17,26,28H,3-5,9-10,13,18-22H2,1-2H3. The first kappa shape index (κ1) is 24.5. The van der Waals surface area contributed by atoms with Crippen LogP contribution in [0.15, 0.2) is 54.6 Å². The highest BCUT2D eigenvalue weighted by Crippen LogP contribution is 2.30. The predicted molar refractivity (Wildman–Crippen MR) is 130 cm³/mol. The molecule has 1 fully saturated rings. The molecule has 0 spiro atoms. The molecule has 0 amide bonds. The summed E-state index contributed by atoms with van der Waals surface area (Å²) in [6.45, 7) is 5.52. The van der Waals surface area contributed by atoms with Crippen LogP contribution in [0.2, 0.25) is 0 Å². The summed E-state index contributed by atoms with van der Waals surface area (Å²) in [5.41, 5.74) is 3.74. The Bertz CT molecular complexity index is 782. The third-order valence-corrected chi connectivity index (χ3v) is 6.43. The smallest absolute Gasteiger partial charge is 0.305 e. The fourth-order valence-electron chi connectivity index (χ4n) is 4.42. The second-order valence-electron chi connectivity index (χ2n) is 8.97. The number of aryl methyl sites for hydroxylation is 1. The molecule has 1 unspecified atom stereocenters. The molecule has 2 aromatic rings. The van der Waals surface area contributed by atoms with Crippen LogP contribution in [-0.2, 0) is 14.3 Å². The van der Waals surface area contributed by atoms with E-state index in [4.69, 9.17) is 4.74 Å². The van der Waals surface area contributed by atoms with Gasteiger partial charge in [-0.2, -0.15) is 0 Å². The normalized spacial score (nSPS) is 16.1. The average Bonchev–Trinajstić information content (AvgIpc) is 2.84. The molecule has 1 aliphatic rings. The molecule has 1 saturated heterocycles. The summed E-state index contributed by atoms with van der Waals surface area (Å²) >= 11 is 0. The number of piperidine rings is 1. The molecule has 1 heterocycles. The lowest BCUT2D eigenvalue weighted by atomic mass is 9.99. The van der Waals surface area contributed by atoms with Crippen molar-refractivity contribution in [2.45, 2.75) is 70.5 Å². The zero-order valence-electron chi connectivity index (χ0n) is 19.8. The summed E-state index contributed by atoms with van der Waals surface area (Å²) in [7, 11) is 1.46. The molecule has 3 rings (SSSR count). The maximum atomic E-state index is 11.1. The van der Waals surface area contributed by atoms with E-state index in [0.717, 1.165) is 38.8 Å². The highest BCUT2D eigenvalue weighted by atomic mass is 16.5. The molecule has 1 aliphatic heterocycles. The molecule has 4 nitrogen and oxygen atoms in total. The van der Waals surface area contributed by atoms with E-state index in [1.165, 1.54) is 49.6 Å². The molecule has 0 saturated carbocycles. The molecule has 0 N–H and O–H groups in total. The monoisotopic (exact) mass is 437 g/mol. The summed E-state index contributed by atoms with van der Waals surface area (Å²) in [5.74, 6) is -0.0908. The summed E-state index contributed by atoms with van der Waals surface area (Å²) in [4.78, 5) is 13.7. The lowest BCUT2D eigenvalue weighted by molar-refractivity contribution is -0.140. The minimum Gasteiger partial charge on any atom is -0.469 e. The van der Waals surface area contributed by atoms with Crippen molar-refractivity contribution < 1.29 is 14.3 Å². The average molecular weight is 438 g/mol. The van der Waals surface area contributed by atoms with Gasteiger partial charge in [0.05, 0.1) is 13.2 Å². The highest BCUT2D eigenvalue weighted by molar-refractivity contribution is 5.68. The maximum Gasteiger partial charge on any atom is 0.305 e. The van der Waals surface area contributed by atoms with Crippen molar-refractivity contribution in [1.29, 1.82) is 0 Å². The quantitative estimate of drug-likeness (QED) is 0.298. The molecule has 0 aliphatic carbocycles. The Morgan fingerprint density at radius 1 is 0.906 bits per heavy atom. The second-order valence-corrected chi connectivity index (χ2v) is 8.97. The van der Waals surface area contributed by atoms with Gasteiger partial charge in [-0.3, -0.25) is 4.79 Å². The fourth-order valence-corrected chi connectivity index (χ4v) is 4.42. The first-order valence-corrected chi connectivity index (χ1v) is 12.2. The first-order chi connectivity index (χ1) is 15.7. The highest BCUT2D eigenvalue weighted by Gasteiger charge is 2.24. The molecule has 174 valence electrons. The van der Waals surface area contributed by atoms with Crippen molar-refractivity contribution in [3.63, 3.8) is 0 Å².